The van der Waals surface area contributed by atoms with Gasteiger partial charge in [-0.3, -0.25) is 4.68 Å². The number of aryl methyl sites for hydroxylation is 1. The van der Waals surface area contributed by atoms with Gasteiger partial charge in [0.1, 0.15) is 5.82 Å². The largest absolute Gasteiger partial charge is 0.384 e. The number of rotatable bonds is 6. The lowest BCUT2D eigenvalue weighted by Gasteiger charge is -2.24. The second kappa shape index (κ2) is 6.24. The van der Waals surface area contributed by atoms with Crippen molar-refractivity contribution in [2.75, 3.05) is 19.3 Å². The van der Waals surface area contributed by atoms with Crippen molar-refractivity contribution in [3.8, 4) is 11.1 Å². The first-order chi connectivity index (χ1) is 11.4. The Morgan fingerprint density at radius 2 is 2.04 bits per heavy atom. The van der Waals surface area contributed by atoms with Crippen LogP contribution in [-0.4, -0.2) is 38.0 Å². The maximum Gasteiger partial charge on any atom is 0.165 e. The zero-order valence-corrected chi connectivity index (χ0v) is 14.7. The molecular formula is C17H25N7. The minimum Gasteiger partial charge on any atom is -0.384 e. The van der Waals surface area contributed by atoms with Crippen LogP contribution in [0.2, 0.25) is 0 Å². The highest BCUT2D eigenvalue weighted by atomic mass is 15.3. The van der Waals surface area contributed by atoms with E-state index in [2.05, 4.69) is 29.4 Å². The third kappa shape index (κ3) is 2.99. The third-order valence-corrected chi connectivity index (χ3v) is 4.44. The Balaban J connectivity index is 2.05. The number of hydrogen-bond donors (Lipinski definition) is 2. The molecule has 0 saturated heterocycles. The molecule has 128 valence electrons. The molecule has 0 aromatic carbocycles. The molecule has 7 nitrogen and oxygen atoms in total. The number of nitrogens with zero attached hydrogens (tertiary/aromatic N) is 5. The number of nitrogens with one attached hydrogen (secondary N) is 1. The van der Waals surface area contributed by atoms with Gasteiger partial charge in [0.15, 0.2) is 5.65 Å². The van der Waals surface area contributed by atoms with Crippen LogP contribution < -0.4 is 11.1 Å². The van der Waals surface area contributed by atoms with Gasteiger partial charge in [0.05, 0.1) is 18.1 Å². The van der Waals surface area contributed by atoms with E-state index in [0.29, 0.717) is 5.82 Å². The number of nitrogen functional groups attached to an aromatic ring is 1. The van der Waals surface area contributed by atoms with Gasteiger partial charge < -0.3 is 11.1 Å². The first kappa shape index (κ1) is 16.4. The summed E-state index contributed by atoms with van der Waals surface area (Å²) < 4.78 is 3.46. The molecule has 3 aromatic heterocycles. The summed E-state index contributed by atoms with van der Waals surface area (Å²) in [6, 6.07) is 1.94. The Bertz CT molecular complexity index is 844. The van der Waals surface area contributed by atoms with Gasteiger partial charge in [-0.1, -0.05) is 13.8 Å². The van der Waals surface area contributed by atoms with Gasteiger partial charge in [-0.25, -0.2) is 4.98 Å². The zero-order chi connectivity index (χ0) is 17.3. The monoisotopic (exact) mass is 327 g/mol. The van der Waals surface area contributed by atoms with Crippen LogP contribution in [0.1, 0.15) is 32.4 Å². The maximum absolute atomic E-state index is 6.23. The standard InChI is InChI=1S/C17H25N7/c1-17(2,6-5-7-19-3)14-8-15(18)24-16(22-14)13(10-21-24)12-9-20-23(4)11-12/h8-11,19H,5-7,18H2,1-4H3. The van der Waals surface area contributed by atoms with Gasteiger partial charge in [0, 0.05) is 35.9 Å². The van der Waals surface area contributed by atoms with Crippen molar-refractivity contribution < 1.29 is 0 Å². The minimum atomic E-state index is -0.0524. The summed E-state index contributed by atoms with van der Waals surface area (Å²) in [5, 5.41) is 11.8. The van der Waals surface area contributed by atoms with Crippen molar-refractivity contribution in [1.82, 2.24) is 29.7 Å². The van der Waals surface area contributed by atoms with Crippen molar-refractivity contribution >= 4 is 11.5 Å². The van der Waals surface area contributed by atoms with E-state index in [0.717, 1.165) is 41.9 Å². The lowest BCUT2D eigenvalue weighted by Crippen LogP contribution is -2.22. The highest BCUT2D eigenvalue weighted by Crippen LogP contribution is 2.31. The van der Waals surface area contributed by atoms with E-state index >= 15 is 0 Å². The summed E-state index contributed by atoms with van der Waals surface area (Å²) in [6.07, 6.45) is 7.70. The molecule has 0 aliphatic rings. The quantitative estimate of drug-likeness (QED) is 0.676. The van der Waals surface area contributed by atoms with Crippen LogP contribution in [0.3, 0.4) is 0 Å². The molecule has 0 unspecified atom stereocenters. The van der Waals surface area contributed by atoms with E-state index < -0.39 is 0 Å². The summed E-state index contributed by atoms with van der Waals surface area (Å²) in [7, 11) is 3.87. The van der Waals surface area contributed by atoms with E-state index in [1.807, 2.05) is 32.6 Å². The Morgan fingerprint density at radius 3 is 2.71 bits per heavy atom. The fourth-order valence-electron chi connectivity index (χ4n) is 2.93. The normalized spacial score (nSPS) is 12.2. The van der Waals surface area contributed by atoms with Gasteiger partial charge in [-0.15, -0.1) is 0 Å². The summed E-state index contributed by atoms with van der Waals surface area (Å²) in [4.78, 5) is 4.90. The number of anilines is 1. The summed E-state index contributed by atoms with van der Waals surface area (Å²) in [6.45, 7) is 5.41. The van der Waals surface area contributed by atoms with Gasteiger partial charge in [-0.2, -0.15) is 14.7 Å². The van der Waals surface area contributed by atoms with Gasteiger partial charge in [-0.05, 0) is 26.4 Å². The molecule has 3 rings (SSSR count). The average Bonchev–Trinajstić information content (AvgIpc) is 3.13. The molecule has 0 fully saturated rings. The number of aromatic nitrogens is 5. The topological polar surface area (TPSA) is 86.1 Å². The molecule has 3 heterocycles. The van der Waals surface area contributed by atoms with Crippen LogP contribution >= 0.6 is 0 Å². The number of nitrogens with two attached hydrogens (primary N) is 1. The molecule has 7 heteroatoms. The fraction of sp³-hybridized carbons (Fsp3) is 0.471. The zero-order valence-electron chi connectivity index (χ0n) is 14.7. The molecule has 24 heavy (non-hydrogen) atoms. The number of fused-ring (bicyclic) bond motifs is 1. The molecule has 0 aliphatic carbocycles. The molecule has 0 bridgehead atoms. The summed E-state index contributed by atoms with van der Waals surface area (Å²) in [5.41, 5.74) is 9.89. The molecular weight excluding hydrogens is 302 g/mol. The van der Waals surface area contributed by atoms with Gasteiger partial charge in [0.25, 0.3) is 0 Å². The average molecular weight is 327 g/mol. The Hall–Kier alpha value is -2.41. The lowest BCUT2D eigenvalue weighted by molar-refractivity contribution is 0.444. The second-order valence-corrected chi connectivity index (χ2v) is 6.85. The second-order valence-electron chi connectivity index (χ2n) is 6.85. The third-order valence-electron chi connectivity index (χ3n) is 4.44. The van der Waals surface area contributed by atoms with E-state index in [1.165, 1.54) is 0 Å². The fourth-order valence-corrected chi connectivity index (χ4v) is 2.93. The predicted molar refractivity (Wildman–Crippen MR) is 95.8 cm³/mol. The Kier molecular flexibility index (Phi) is 4.28. The molecule has 0 atom stereocenters. The predicted octanol–water partition coefficient (Wildman–Crippen LogP) is 1.99. The van der Waals surface area contributed by atoms with E-state index in [-0.39, 0.29) is 5.41 Å². The van der Waals surface area contributed by atoms with Gasteiger partial charge >= 0.3 is 0 Å². The van der Waals surface area contributed by atoms with Crippen LogP contribution in [0.25, 0.3) is 16.8 Å². The lowest BCUT2D eigenvalue weighted by atomic mass is 9.84. The highest BCUT2D eigenvalue weighted by Gasteiger charge is 2.24. The molecule has 0 amide bonds. The Labute approximate surface area is 141 Å². The van der Waals surface area contributed by atoms with Crippen LogP contribution in [0.15, 0.2) is 24.7 Å². The molecule has 0 spiro atoms. The van der Waals surface area contributed by atoms with E-state index in [9.17, 15) is 0 Å². The van der Waals surface area contributed by atoms with Crippen molar-refractivity contribution in [2.45, 2.75) is 32.1 Å². The van der Waals surface area contributed by atoms with Crippen LogP contribution in [0.5, 0.6) is 0 Å². The van der Waals surface area contributed by atoms with Gasteiger partial charge in [0.2, 0.25) is 0 Å². The molecule has 0 radical (unpaired) electrons. The van der Waals surface area contributed by atoms with Crippen LogP contribution in [-0.2, 0) is 12.5 Å². The molecule has 0 aliphatic heterocycles. The van der Waals surface area contributed by atoms with Crippen molar-refractivity contribution in [2.24, 2.45) is 7.05 Å². The van der Waals surface area contributed by atoms with Crippen LogP contribution in [0, 0.1) is 0 Å². The molecule has 0 saturated carbocycles. The maximum atomic E-state index is 6.23. The van der Waals surface area contributed by atoms with E-state index in [1.54, 1.807) is 15.4 Å². The van der Waals surface area contributed by atoms with Crippen molar-refractivity contribution in [3.63, 3.8) is 0 Å². The molecule has 3 aromatic rings. The minimum absolute atomic E-state index is 0.0524. The van der Waals surface area contributed by atoms with Crippen LogP contribution in [0.4, 0.5) is 5.82 Å². The smallest absolute Gasteiger partial charge is 0.165 e. The first-order valence-electron chi connectivity index (χ1n) is 8.21. The van der Waals surface area contributed by atoms with Crippen molar-refractivity contribution in [1.29, 1.82) is 0 Å². The Morgan fingerprint density at radius 1 is 1.25 bits per heavy atom. The highest BCUT2D eigenvalue weighted by molar-refractivity contribution is 5.77. The molecule has 3 N–H and O–H groups in total. The number of hydrogen-bond acceptors (Lipinski definition) is 5. The van der Waals surface area contributed by atoms with E-state index in [4.69, 9.17) is 10.7 Å². The van der Waals surface area contributed by atoms with Crippen molar-refractivity contribution in [3.05, 3.63) is 30.4 Å². The summed E-state index contributed by atoms with van der Waals surface area (Å²) in [5.74, 6) is 0.604. The summed E-state index contributed by atoms with van der Waals surface area (Å²) >= 11 is 0. The SMILES string of the molecule is CNCCCC(C)(C)c1cc(N)n2ncc(-c3cnn(C)c3)c2n1. The first-order valence-corrected chi connectivity index (χ1v) is 8.21.